The van der Waals surface area contributed by atoms with Gasteiger partial charge in [-0.3, -0.25) is 0 Å². The first-order chi connectivity index (χ1) is 8.78. The fourth-order valence-corrected chi connectivity index (χ4v) is 2.77. The highest BCUT2D eigenvalue weighted by Gasteiger charge is 2.22. The maximum absolute atomic E-state index is 5.74. The smallest absolute Gasteiger partial charge is 0.119 e. The SMILES string of the molecule is CCC1CCC(NCCOc2cccc(C)c2)C1. The van der Waals surface area contributed by atoms with Crippen molar-refractivity contribution in [1.29, 1.82) is 0 Å². The zero-order chi connectivity index (χ0) is 12.8. The van der Waals surface area contributed by atoms with Gasteiger partial charge in [0.25, 0.3) is 0 Å². The average Bonchev–Trinajstić information content (AvgIpc) is 2.83. The Bertz CT molecular complexity index is 364. The molecule has 1 N–H and O–H groups in total. The lowest BCUT2D eigenvalue weighted by molar-refractivity contribution is 0.304. The van der Waals surface area contributed by atoms with Crippen molar-refractivity contribution in [3.63, 3.8) is 0 Å². The lowest BCUT2D eigenvalue weighted by atomic mass is 10.1. The van der Waals surface area contributed by atoms with E-state index in [4.69, 9.17) is 4.74 Å². The third-order valence-corrected chi connectivity index (χ3v) is 3.91. The summed E-state index contributed by atoms with van der Waals surface area (Å²) in [6.45, 7) is 6.11. The summed E-state index contributed by atoms with van der Waals surface area (Å²) in [5.74, 6) is 1.93. The number of rotatable bonds is 6. The number of benzene rings is 1. The van der Waals surface area contributed by atoms with Gasteiger partial charge in [0.2, 0.25) is 0 Å². The van der Waals surface area contributed by atoms with Crippen LogP contribution in [0, 0.1) is 12.8 Å². The minimum atomic E-state index is 0.719. The molecule has 100 valence electrons. The molecule has 0 radical (unpaired) electrons. The molecule has 0 amide bonds. The summed E-state index contributed by atoms with van der Waals surface area (Å²) in [6.07, 6.45) is 5.41. The number of nitrogens with one attached hydrogen (secondary N) is 1. The molecule has 0 saturated heterocycles. The zero-order valence-electron chi connectivity index (χ0n) is 11.6. The first kappa shape index (κ1) is 13.4. The zero-order valence-corrected chi connectivity index (χ0v) is 11.6. The summed E-state index contributed by atoms with van der Waals surface area (Å²) in [4.78, 5) is 0. The van der Waals surface area contributed by atoms with Crippen molar-refractivity contribution in [2.75, 3.05) is 13.2 Å². The summed E-state index contributed by atoms with van der Waals surface area (Å²) in [5.41, 5.74) is 1.25. The van der Waals surface area contributed by atoms with E-state index in [-0.39, 0.29) is 0 Å². The Morgan fingerprint density at radius 1 is 1.33 bits per heavy atom. The summed E-state index contributed by atoms with van der Waals surface area (Å²) < 4.78 is 5.74. The van der Waals surface area contributed by atoms with Crippen LogP contribution in [0.15, 0.2) is 24.3 Å². The number of hydrogen-bond donors (Lipinski definition) is 1. The normalized spacial score (nSPS) is 23.2. The van der Waals surface area contributed by atoms with Gasteiger partial charge in [0.05, 0.1) is 0 Å². The molecule has 2 rings (SSSR count). The van der Waals surface area contributed by atoms with Crippen molar-refractivity contribution in [1.82, 2.24) is 5.32 Å². The fraction of sp³-hybridized carbons (Fsp3) is 0.625. The van der Waals surface area contributed by atoms with Crippen LogP contribution in [0.2, 0.25) is 0 Å². The topological polar surface area (TPSA) is 21.3 Å². The number of ether oxygens (including phenoxy) is 1. The van der Waals surface area contributed by atoms with E-state index < -0.39 is 0 Å². The van der Waals surface area contributed by atoms with Crippen molar-refractivity contribution >= 4 is 0 Å². The molecule has 2 heteroatoms. The van der Waals surface area contributed by atoms with Crippen LogP contribution in [0.3, 0.4) is 0 Å². The van der Waals surface area contributed by atoms with E-state index >= 15 is 0 Å². The molecule has 1 aliphatic rings. The molecule has 1 aliphatic carbocycles. The van der Waals surface area contributed by atoms with E-state index in [0.29, 0.717) is 0 Å². The van der Waals surface area contributed by atoms with Gasteiger partial charge in [0, 0.05) is 12.6 Å². The second kappa shape index (κ2) is 6.79. The van der Waals surface area contributed by atoms with Crippen molar-refractivity contribution < 1.29 is 4.74 Å². The molecule has 0 aromatic heterocycles. The van der Waals surface area contributed by atoms with Crippen LogP contribution in [-0.2, 0) is 0 Å². The third kappa shape index (κ3) is 4.02. The molecule has 0 heterocycles. The third-order valence-electron chi connectivity index (χ3n) is 3.91. The first-order valence-electron chi connectivity index (χ1n) is 7.20. The van der Waals surface area contributed by atoms with Crippen molar-refractivity contribution in [2.45, 2.75) is 45.6 Å². The lowest BCUT2D eigenvalue weighted by Gasteiger charge is -2.13. The summed E-state index contributed by atoms with van der Waals surface area (Å²) in [5, 5.41) is 3.61. The highest BCUT2D eigenvalue weighted by atomic mass is 16.5. The van der Waals surface area contributed by atoms with Crippen LogP contribution >= 0.6 is 0 Å². The molecule has 0 spiro atoms. The average molecular weight is 247 g/mol. The van der Waals surface area contributed by atoms with Crippen LogP contribution in [0.4, 0.5) is 0 Å². The van der Waals surface area contributed by atoms with Gasteiger partial charge in [-0.1, -0.05) is 25.5 Å². The quantitative estimate of drug-likeness (QED) is 0.776. The molecule has 0 bridgehead atoms. The second-order valence-corrected chi connectivity index (χ2v) is 5.40. The van der Waals surface area contributed by atoms with E-state index in [1.165, 1.54) is 31.2 Å². The van der Waals surface area contributed by atoms with Crippen LogP contribution < -0.4 is 10.1 Å². The van der Waals surface area contributed by atoms with Crippen molar-refractivity contribution in [3.8, 4) is 5.75 Å². The summed E-state index contributed by atoms with van der Waals surface area (Å²) in [7, 11) is 0. The molecule has 1 aromatic carbocycles. The molecule has 1 saturated carbocycles. The van der Waals surface area contributed by atoms with Gasteiger partial charge >= 0.3 is 0 Å². The Kier molecular flexibility index (Phi) is 5.06. The maximum Gasteiger partial charge on any atom is 0.119 e. The fourth-order valence-electron chi connectivity index (χ4n) is 2.77. The Balaban J connectivity index is 1.62. The minimum absolute atomic E-state index is 0.719. The molecule has 2 nitrogen and oxygen atoms in total. The van der Waals surface area contributed by atoms with Crippen LogP contribution in [0.1, 0.15) is 38.2 Å². The lowest BCUT2D eigenvalue weighted by Crippen LogP contribution is -2.30. The predicted molar refractivity (Wildman–Crippen MR) is 76.1 cm³/mol. The van der Waals surface area contributed by atoms with Gasteiger partial charge < -0.3 is 10.1 Å². The molecule has 2 atom stereocenters. The van der Waals surface area contributed by atoms with E-state index in [0.717, 1.165) is 30.9 Å². The Labute approximate surface area is 111 Å². The molecular formula is C16H25NO. The van der Waals surface area contributed by atoms with Gasteiger partial charge in [-0.2, -0.15) is 0 Å². The standard InChI is InChI=1S/C16H25NO/c1-3-14-7-8-15(12-14)17-9-10-18-16-6-4-5-13(2)11-16/h4-6,11,14-15,17H,3,7-10,12H2,1-2H3. The van der Waals surface area contributed by atoms with E-state index in [1.54, 1.807) is 0 Å². The predicted octanol–water partition coefficient (Wildman–Crippen LogP) is 3.54. The number of hydrogen-bond acceptors (Lipinski definition) is 2. The van der Waals surface area contributed by atoms with Crippen LogP contribution in [0.25, 0.3) is 0 Å². The van der Waals surface area contributed by atoms with Gasteiger partial charge in [0.1, 0.15) is 12.4 Å². The van der Waals surface area contributed by atoms with Crippen LogP contribution in [0.5, 0.6) is 5.75 Å². The minimum Gasteiger partial charge on any atom is -0.492 e. The summed E-state index contributed by atoms with van der Waals surface area (Å²) in [6, 6.07) is 8.96. The van der Waals surface area contributed by atoms with E-state index in [9.17, 15) is 0 Å². The van der Waals surface area contributed by atoms with E-state index in [2.05, 4.69) is 31.3 Å². The van der Waals surface area contributed by atoms with Crippen molar-refractivity contribution in [3.05, 3.63) is 29.8 Å². The first-order valence-corrected chi connectivity index (χ1v) is 7.20. The highest BCUT2D eigenvalue weighted by Crippen LogP contribution is 2.27. The largest absolute Gasteiger partial charge is 0.492 e. The molecule has 2 unspecified atom stereocenters. The Morgan fingerprint density at radius 3 is 2.94 bits per heavy atom. The molecule has 0 aliphatic heterocycles. The summed E-state index contributed by atoms with van der Waals surface area (Å²) >= 11 is 0. The number of aryl methyl sites for hydroxylation is 1. The highest BCUT2D eigenvalue weighted by molar-refractivity contribution is 5.27. The van der Waals surface area contributed by atoms with Gasteiger partial charge in [0.15, 0.2) is 0 Å². The molecule has 1 aromatic rings. The van der Waals surface area contributed by atoms with Gasteiger partial charge in [-0.15, -0.1) is 0 Å². The Hall–Kier alpha value is -1.02. The molecule has 1 fully saturated rings. The molecular weight excluding hydrogens is 222 g/mol. The second-order valence-electron chi connectivity index (χ2n) is 5.40. The van der Waals surface area contributed by atoms with Crippen molar-refractivity contribution in [2.24, 2.45) is 5.92 Å². The monoisotopic (exact) mass is 247 g/mol. The molecule has 18 heavy (non-hydrogen) atoms. The van der Waals surface area contributed by atoms with Gasteiger partial charge in [-0.05, 0) is 49.8 Å². The van der Waals surface area contributed by atoms with E-state index in [1.807, 2.05) is 12.1 Å². The Morgan fingerprint density at radius 2 is 2.22 bits per heavy atom. The van der Waals surface area contributed by atoms with Crippen LogP contribution in [-0.4, -0.2) is 19.2 Å². The maximum atomic E-state index is 5.74. The van der Waals surface area contributed by atoms with Gasteiger partial charge in [-0.25, -0.2) is 0 Å².